The lowest BCUT2D eigenvalue weighted by molar-refractivity contribution is -0.384. The molecule has 0 heterocycles. The van der Waals surface area contributed by atoms with E-state index in [2.05, 4.69) is 5.32 Å². The second kappa shape index (κ2) is 6.37. The van der Waals surface area contributed by atoms with Gasteiger partial charge in [-0.25, -0.2) is 0 Å². The molecule has 0 saturated carbocycles. The number of nitrogens with one attached hydrogen (secondary N) is 1. The molecule has 106 valence electrons. The molecule has 0 aliphatic heterocycles. The number of nitro groups is 1. The van der Waals surface area contributed by atoms with E-state index in [0.717, 1.165) is 12.1 Å². The van der Waals surface area contributed by atoms with Crippen LogP contribution in [-0.2, 0) is 6.18 Å². The molecule has 0 fully saturated rings. The molecule has 1 aromatic carbocycles. The average Bonchev–Trinajstić information content (AvgIpc) is 2.33. The molecule has 19 heavy (non-hydrogen) atoms. The minimum absolute atomic E-state index is 0.00319. The number of aliphatic hydroxyl groups excluding tert-OH is 1. The van der Waals surface area contributed by atoms with Crippen LogP contribution in [0.5, 0.6) is 0 Å². The molecule has 5 nitrogen and oxygen atoms in total. The van der Waals surface area contributed by atoms with Crippen LogP contribution in [0, 0.1) is 10.1 Å². The second-order valence-electron chi connectivity index (χ2n) is 3.84. The third kappa shape index (κ3) is 4.40. The Morgan fingerprint density at radius 3 is 2.53 bits per heavy atom. The Kier molecular flexibility index (Phi) is 5.11. The van der Waals surface area contributed by atoms with Crippen molar-refractivity contribution in [2.75, 3.05) is 18.5 Å². The first-order chi connectivity index (χ1) is 8.86. The lowest BCUT2D eigenvalue weighted by atomic mass is 10.1. The third-order valence-corrected chi connectivity index (χ3v) is 2.42. The van der Waals surface area contributed by atoms with Crippen molar-refractivity contribution in [1.29, 1.82) is 0 Å². The van der Waals surface area contributed by atoms with Crippen LogP contribution in [0.3, 0.4) is 0 Å². The maximum absolute atomic E-state index is 12.4. The molecule has 8 heteroatoms. The fraction of sp³-hybridized carbons (Fsp3) is 0.455. The van der Waals surface area contributed by atoms with E-state index in [1.165, 1.54) is 0 Å². The van der Waals surface area contributed by atoms with Crippen molar-refractivity contribution >= 4 is 11.4 Å². The predicted molar refractivity (Wildman–Crippen MR) is 62.9 cm³/mol. The SMILES string of the molecule is O=[N+]([O-])c1cc(C(F)(F)F)ccc1NCCCCO. The summed E-state index contributed by atoms with van der Waals surface area (Å²) in [6.07, 6.45) is -3.53. The highest BCUT2D eigenvalue weighted by Gasteiger charge is 2.32. The number of nitrogens with zero attached hydrogens (tertiary/aromatic N) is 1. The molecule has 0 radical (unpaired) electrons. The van der Waals surface area contributed by atoms with E-state index in [4.69, 9.17) is 5.11 Å². The summed E-state index contributed by atoms with van der Waals surface area (Å²) >= 11 is 0. The summed E-state index contributed by atoms with van der Waals surface area (Å²) in [6, 6.07) is 2.34. The number of alkyl halides is 3. The lowest BCUT2D eigenvalue weighted by Gasteiger charge is -2.10. The highest BCUT2D eigenvalue weighted by Crippen LogP contribution is 2.34. The fourth-order valence-corrected chi connectivity index (χ4v) is 1.47. The number of hydrogen-bond donors (Lipinski definition) is 2. The first kappa shape index (κ1) is 15.2. The van der Waals surface area contributed by atoms with Gasteiger partial charge < -0.3 is 10.4 Å². The number of rotatable bonds is 6. The van der Waals surface area contributed by atoms with Gasteiger partial charge in [0, 0.05) is 19.2 Å². The van der Waals surface area contributed by atoms with E-state index >= 15 is 0 Å². The van der Waals surface area contributed by atoms with E-state index in [0.29, 0.717) is 25.5 Å². The van der Waals surface area contributed by atoms with Crippen molar-refractivity contribution in [1.82, 2.24) is 0 Å². The van der Waals surface area contributed by atoms with Crippen molar-refractivity contribution in [3.8, 4) is 0 Å². The van der Waals surface area contributed by atoms with E-state index < -0.39 is 22.4 Å². The largest absolute Gasteiger partial charge is 0.416 e. The van der Waals surface area contributed by atoms with Gasteiger partial charge >= 0.3 is 6.18 Å². The molecule has 1 aromatic rings. The van der Waals surface area contributed by atoms with Crippen LogP contribution in [0.4, 0.5) is 24.5 Å². The van der Waals surface area contributed by atoms with Gasteiger partial charge in [-0.3, -0.25) is 10.1 Å². The Labute approximate surface area is 107 Å². The Balaban J connectivity index is 2.90. The number of benzene rings is 1. The molecule has 0 saturated heterocycles. The van der Waals surface area contributed by atoms with Crippen molar-refractivity contribution in [2.24, 2.45) is 0 Å². The summed E-state index contributed by atoms with van der Waals surface area (Å²) in [5.74, 6) is 0. The summed E-state index contributed by atoms with van der Waals surface area (Å²) < 4.78 is 37.3. The normalized spacial score (nSPS) is 11.4. The van der Waals surface area contributed by atoms with E-state index in [9.17, 15) is 23.3 Å². The fourth-order valence-electron chi connectivity index (χ4n) is 1.47. The van der Waals surface area contributed by atoms with Gasteiger partial charge in [-0.1, -0.05) is 0 Å². The number of unbranched alkanes of at least 4 members (excludes halogenated alkanes) is 1. The van der Waals surface area contributed by atoms with Crippen LogP contribution < -0.4 is 5.32 Å². The molecule has 0 spiro atoms. The van der Waals surface area contributed by atoms with Crippen molar-refractivity contribution in [3.63, 3.8) is 0 Å². The molecular weight excluding hydrogens is 265 g/mol. The number of halogens is 3. The Bertz CT molecular complexity index is 449. The van der Waals surface area contributed by atoms with Gasteiger partial charge in [0.2, 0.25) is 0 Å². The maximum Gasteiger partial charge on any atom is 0.416 e. The summed E-state index contributed by atoms with van der Waals surface area (Å²) in [6.45, 7) is 0.337. The highest BCUT2D eigenvalue weighted by atomic mass is 19.4. The molecule has 1 rings (SSSR count). The lowest BCUT2D eigenvalue weighted by Crippen LogP contribution is -2.09. The van der Waals surface area contributed by atoms with Gasteiger partial charge in [0.1, 0.15) is 5.69 Å². The summed E-state index contributed by atoms with van der Waals surface area (Å²) in [5, 5.41) is 22.0. The first-order valence-corrected chi connectivity index (χ1v) is 5.56. The zero-order valence-corrected chi connectivity index (χ0v) is 9.91. The van der Waals surface area contributed by atoms with Crippen molar-refractivity contribution in [2.45, 2.75) is 19.0 Å². The van der Waals surface area contributed by atoms with Crippen LogP contribution in [0.1, 0.15) is 18.4 Å². The average molecular weight is 278 g/mol. The minimum Gasteiger partial charge on any atom is -0.396 e. The van der Waals surface area contributed by atoms with Crippen LogP contribution in [0.2, 0.25) is 0 Å². The second-order valence-corrected chi connectivity index (χ2v) is 3.84. The smallest absolute Gasteiger partial charge is 0.396 e. The standard InChI is InChI=1S/C11H13F3N2O3/c12-11(13,14)8-3-4-9(10(7-8)16(18)19)15-5-1-2-6-17/h3-4,7,15,17H,1-2,5-6H2. The zero-order chi connectivity index (χ0) is 14.5. The van der Waals surface area contributed by atoms with Gasteiger partial charge in [-0.15, -0.1) is 0 Å². The maximum atomic E-state index is 12.4. The Hall–Kier alpha value is -1.83. The Morgan fingerprint density at radius 1 is 1.32 bits per heavy atom. The minimum atomic E-state index is -4.61. The number of hydrogen-bond acceptors (Lipinski definition) is 4. The zero-order valence-electron chi connectivity index (χ0n) is 9.91. The van der Waals surface area contributed by atoms with Crippen LogP contribution in [0.25, 0.3) is 0 Å². The number of aliphatic hydroxyl groups is 1. The number of anilines is 1. The number of nitro benzene ring substituents is 1. The first-order valence-electron chi connectivity index (χ1n) is 5.56. The Morgan fingerprint density at radius 2 is 2.00 bits per heavy atom. The monoisotopic (exact) mass is 278 g/mol. The summed E-state index contributed by atoms with van der Waals surface area (Å²) in [5.41, 5.74) is -1.63. The summed E-state index contributed by atoms with van der Waals surface area (Å²) in [7, 11) is 0. The molecule has 0 aliphatic rings. The van der Waals surface area contributed by atoms with Gasteiger partial charge in [-0.2, -0.15) is 13.2 Å². The molecule has 0 bridgehead atoms. The quantitative estimate of drug-likeness (QED) is 0.476. The van der Waals surface area contributed by atoms with Gasteiger partial charge in [0.25, 0.3) is 5.69 Å². The van der Waals surface area contributed by atoms with Crippen molar-refractivity contribution in [3.05, 3.63) is 33.9 Å². The molecule has 0 unspecified atom stereocenters. The molecule has 0 atom stereocenters. The van der Waals surface area contributed by atoms with Crippen LogP contribution in [-0.4, -0.2) is 23.2 Å². The molecular formula is C11H13F3N2O3. The van der Waals surface area contributed by atoms with E-state index in [1.807, 2.05) is 0 Å². The summed E-state index contributed by atoms with van der Waals surface area (Å²) in [4.78, 5) is 9.89. The topological polar surface area (TPSA) is 75.4 Å². The van der Waals surface area contributed by atoms with Gasteiger partial charge in [-0.05, 0) is 25.0 Å². The molecule has 2 N–H and O–H groups in total. The predicted octanol–water partition coefficient (Wildman–Crippen LogP) is 2.80. The van der Waals surface area contributed by atoms with E-state index in [1.54, 1.807) is 0 Å². The van der Waals surface area contributed by atoms with Gasteiger partial charge in [0.05, 0.1) is 10.5 Å². The van der Waals surface area contributed by atoms with Gasteiger partial charge in [0.15, 0.2) is 0 Å². The van der Waals surface area contributed by atoms with Crippen molar-refractivity contribution < 1.29 is 23.2 Å². The molecule has 0 aromatic heterocycles. The highest BCUT2D eigenvalue weighted by molar-refractivity contribution is 5.62. The molecule has 0 amide bonds. The van der Waals surface area contributed by atoms with E-state index in [-0.39, 0.29) is 12.3 Å². The van der Waals surface area contributed by atoms with Crippen LogP contribution in [0.15, 0.2) is 18.2 Å². The third-order valence-electron chi connectivity index (χ3n) is 2.42. The van der Waals surface area contributed by atoms with Crippen LogP contribution >= 0.6 is 0 Å². The molecule has 0 aliphatic carbocycles.